The number of nitrogens with zero attached hydrogens (tertiary/aromatic N) is 2. The van der Waals surface area contributed by atoms with E-state index in [0.29, 0.717) is 19.1 Å². The van der Waals surface area contributed by atoms with Gasteiger partial charge in [0.1, 0.15) is 0 Å². The summed E-state index contributed by atoms with van der Waals surface area (Å²) in [6.07, 6.45) is 0. The van der Waals surface area contributed by atoms with Gasteiger partial charge in [-0.3, -0.25) is 5.43 Å². The fraction of sp³-hybridized carbons (Fsp3) is 0.833. The Hall–Kier alpha value is -0.810. The molecule has 0 aromatic heterocycles. The van der Waals surface area contributed by atoms with Gasteiger partial charge in [-0.1, -0.05) is 0 Å². The number of guanidine groups is 1. The smallest absolute Gasteiger partial charge is 0.207 e. The Morgan fingerprint density at radius 3 is 2.64 bits per heavy atom. The summed E-state index contributed by atoms with van der Waals surface area (Å²) in [6.45, 7) is 1.23. The van der Waals surface area contributed by atoms with E-state index in [2.05, 4.69) is 10.4 Å². The molecule has 0 atom stereocenters. The Bertz CT molecular complexity index is 124. The number of nitrogens with one attached hydrogen (secondary N) is 1. The summed E-state index contributed by atoms with van der Waals surface area (Å²) in [5.41, 5.74) is 2.48. The van der Waals surface area contributed by atoms with Crippen LogP contribution in [0.25, 0.3) is 0 Å². The van der Waals surface area contributed by atoms with Gasteiger partial charge in [-0.05, 0) is 0 Å². The van der Waals surface area contributed by atoms with Crippen LogP contribution in [0.15, 0.2) is 4.99 Å². The second kappa shape index (κ2) is 5.94. The van der Waals surface area contributed by atoms with Crippen LogP contribution in [0.1, 0.15) is 0 Å². The fourth-order valence-corrected chi connectivity index (χ4v) is 0.559. The van der Waals surface area contributed by atoms with Gasteiger partial charge in [0, 0.05) is 21.2 Å². The molecule has 0 aromatic rings. The van der Waals surface area contributed by atoms with Gasteiger partial charge < -0.3 is 9.64 Å². The molecule has 0 aliphatic heterocycles. The SMILES string of the molecule is COCCN=C(NN)N(C)C. The molecule has 0 saturated heterocycles. The summed E-state index contributed by atoms with van der Waals surface area (Å²) in [4.78, 5) is 5.91. The van der Waals surface area contributed by atoms with Crippen LogP contribution in [0.4, 0.5) is 0 Å². The zero-order chi connectivity index (χ0) is 8.69. The topological polar surface area (TPSA) is 62.9 Å². The Labute approximate surface area is 67.2 Å². The van der Waals surface area contributed by atoms with Crippen molar-refractivity contribution < 1.29 is 4.74 Å². The molecule has 66 valence electrons. The van der Waals surface area contributed by atoms with Crippen molar-refractivity contribution in [2.45, 2.75) is 0 Å². The maximum absolute atomic E-state index is 5.19. The summed E-state index contributed by atoms with van der Waals surface area (Å²) < 4.78 is 4.82. The molecule has 5 heteroatoms. The largest absolute Gasteiger partial charge is 0.383 e. The summed E-state index contributed by atoms with van der Waals surface area (Å²) in [6, 6.07) is 0. The molecule has 0 saturated carbocycles. The second-order valence-electron chi connectivity index (χ2n) is 2.24. The van der Waals surface area contributed by atoms with Crippen LogP contribution in [0.3, 0.4) is 0 Å². The van der Waals surface area contributed by atoms with E-state index in [1.807, 2.05) is 14.1 Å². The first kappa shape index (κ1) is 10.2. The lowest BCUT2D eigenvalue weighted by atomic mass is 10.7. The molecule has 0 radical (unpaired) electrons. The third kappa shape index (κ3) is 4.58. The van der Waals surface area contributed by atoms with Gasteiger partial charge in [0.15, 0.2) is 0 Å². The molecule has 0 fully saturated rings. The van der Waals surface area contributed by atoms with E-state index in [9.17, 15) is 0 Å². The van der Waals surface area contributed by atoms with E-state index in [-0.39, 0.29) is 0 Å². The van der Waals surface area contributed by atoms with Gasteiger partial charge in [-0.2, -0.15) is 0 Å². The maximum Gasteiger partial charge on any atom is 0.207 e. The van der Waals surface area contributed by atoms with E-state index >= 15 is 0 Å². The molecule has 0 spiro atoms. The van der Waals surface area contributed by atoms with Crippen LogP contribution in [-0.2, 0) is 4.74 Å². The highest BCUT2D eigenvalue weighted by molar-refractivity contribution is 5.78. The molecule has 0 aromatic carbocycles. The molecule has 0 aliphatic carbocycles. The normalized spacial score (nSPS) is 11.5. The van der Waals surface area contributed by atoms with Crippen LogP contribution < -0.4 is 11.3 Å². The predicted molar refractivity (Wildman–Crippen MR) is 45.2 cm³/mol. The first-order valence-corrected chi connectivity index (χ1v) is 3.39. The molecule has 0 rings (SSSR count). The number of nitrogens with two attached hydrogens (primary N) is 1. The molecule has 0 amide bonds. The predicted octanol–water partition coefficient (Wildman–Crippen LogP) is -0.986. The van der Waals surface area contributed by atoms with E-state index in [1.165, 1.54) is 0 Å². The highest BCUT2D eigenvalue weighted by atomic mass is 16.5. The van der Waals surface area contributed by atoms with Crippen molar-refractivity contribution in [2.24, 2.45) is 10.8 Å². The average molecular weight is 160 g/mol. The van der Waals surface area contributed by atoms with Crippen molar-refractivity contribution >= 4 is 5.96 Å². The number of methoxy groups -OCH3 is 1. The Morgan fingerprint density at radius 2 is 2.27 bits per heavy atom. The Balaban J connectivity index is 3.71. The van der Waals surface area contributed by atoms with E-state index < -0.39 is 0 Å². The molecular formula is C6H16N4O. The number of hydrazine groups is 1. The zero-order valence-electron chi connectivity index (χ0n) is 7.29. The highest BCUT2D eigenvalue weighted by Crippen LogP contribution is 1.79. The zero-order valence-corrected chi connectivity index (χ0v) is 7.29. The van der Waals surface area contributed by atoms with Gasteiger partial charge >= 0.3 is 0 Å². The van der Waals surface area contributed by atoms with Gasteiger partial charge in [0.05, 0.1) is 13.2 Å². The average Bonchev–Trinajstić information content (AvgIpc) is 1.97. The molecule has 0 bridgehead atoms. The van der Waals surface area contributed by atoms with Gasteiger partial charge in [-0.25, -0.2) is 10.8 Å². The number of aliphatic imine (C=N–C) groups is 1. The molecule has 0 heterocycles. The quantitative estimate of drug-likeness (QED) is 0.183. The molecule has 3 N–H and O–H groups in total. The summed E-state index contributed by atoms with van der Waals surface area (Å²) in [5, 5.41) is 0. The molecular weight excluding hydrogens is 144 g/mol. The number of hydrogen-bond donors (Lipinski definition) is 2. The van der Waals surface area contributed by atoms with Crippen molar-refractivity contribution in [2.75, 3.05) is 34.4 Å². The second-order valence-corrected chi connectivity index (χ2v) is 2.24. The van der Waals surface area contributed by atoms with E-state index in [0.717, 1.165) is 0 Å². The van der Waals surface area contributed by atoms with Crippen LogP contribution in [-0.4, -0.2) is 45.2 Å². The highest BCUT2D eigenvalue weighted by Gasteiger charge is 1.95. The van der Waals surface area contributed by atoms with Crippen LogP contribution >= 0.6 is 0 Å². The van der Waals surface area contributed by atoms with Crippen molar-refractivity contribution in [3.63, 3.8) is 0 Å². The third-order valence-corrected chi connectivity index (χ3v) is 1.11. The molecule has 5 nitrogen and oxygen atoms in total. The summed E-state index contributed by atoms with van der Waals surface area (Å²) in [7, 11) is 5.37. The minimum absolute atomic E-state index is 0.610. The minimum Gasteiger partial charge on any atom is -0.383 e. The van der Waals surface area contributed by atoms with Gasteiger partial charge in [-0.15, -0.1) is 0 Å². The van der Waals surface area contributed by atoms with Crippen LogP contribution in [0, 0.1) is 0 Å². The van der Waals surface area contributed by atoms with Crippen molar-refractivity contribution in [1.82, 2.24) is 10.3 Å². The monoisotopic (exact) mass is 160 g/mol. The summed E-state index contributed by atoms with van der Waals surface area (Å²) in [5.74, 6) is 5.85. The fourth-order valence-electron chi connectivity index (χ4n) is 0.559. The maximum atomic E-state index is 5.19. The lowest BCUT2D eigenvalue weighted by Crippen LogP contribution is -2.40. The summed E-state index contributed by atoms with van der Waals surface area (Å²) >= 11 is 0. The van der Waals surface area contributed by atoms with Crippen molar-refractivity contribution in [1.29, 1.82) is 0 Å². The van der Waals surface area contributed by atoms with Gasteiger partial charge in [0.25, 0.3) is 0 Å². The number of ether oxygens (including phenoxy) is 1. The van der Waals surface area contributed by atoms with Crippen molar-refractivity contribution in [3.8, 4) is 0 Å². The van der Waals surface area contributed by atoms with Crippen LogP contribution in [0.2, 0.25) is 0 Å². The molecule has 11 heavy (non-hydrogen) atoms. The van der Waals surface area contributed by atoms with Crippen molar-refractivity contribution in [3.05, 3.63) is 0 Å². The Morgan fingerprint density at radius 1 is 1.64 bits per heavy atom. The lowest BCUT2D eigenvalue weighted by Gasteiger charge is -2.13. The lowest BCUT2D eigenvalue weighted by molar-refractivity contribution is 0.207. The standard InChI is InChI=1S/C6H16N4O/c1-10(2)6(9-7)8-4-5-11-3/h4-5,7H2,1-3H3,(H,8,9). The number of hydrogen-bond acceptors (Lipinski definition) is 3. The van der Waals surface area contributed by atoms with E-state index in [4.69, 9.17) is 10.6 Å². The first-order chi connectivity index (χ1) is 5.22. The molecule has 0 unspecified atom stereocenters. The minimum atomic E-state index is 0.610. The van der Waals surface area contributed by atoms with Crippen LogP contribution in [0.5, 0.6) is 0 Å². The molecule has 0 aliphatic rings. The van der Waals surface area contributed by atoms with Gasteiger partial charge in [0.2, 0.25) is 5.96 Å². The number of rotatable bonds is 3. The third-order valence-electron chi connectivity index (χ3n) is 1.11. The first-order valence-electron chi connectivity index (χ1n) is 3.39. The van der Waals surface area contributed by atoms with E-state index in [1.54, 1.807) is 12.0 Å². The Kier molecular flexibility index (Phi) is 5.50.